The van der Waals surface area contributed by atoms with E-state index < -0.39 is 9.84 Å². The molecule has 1 amide bonds. The van der Waals surface area contributed by atoms with E-state index in [1.165, 1.54) is 11.8 Å². The van der Waals surface area contributed by atoms with Crippen LogP contribution in [-0.4, -0.2) is 42.3 Å². The van der Waals surface area contributed by atoms with E-state index in [1.54, 1.807) is 12.1 Å². The summed E-state index contributed by atoms with van der Waals surface area (Å²) in [5.74, 6) is -0.103. The van der Waals surface area contributed by atoms with Gasteiger partial charge in [-0.15, -0.1) is 0 Å². The highest BCUT2D eigenvalue weighted by Gasteiger charge is 2.49. The van der Waals surface area contributed by atoms with Crippen LogP contribution in [0.3, 0.4) is 0 Å². The summed E-state index contributed by atoms with van der Waals surface area (Å²) >= 11 is 7.53. The molecule has 0 radical (unpaired) electrons. The molecule has 0 spiro atoms. The Hall–Kier alpha value is -1.83. The molecular weight excluding hydrogens is 416 g/mol. The quantitative estimate of drug-likeness (QED) is 0.739. The van der Waals surface area contributed by atoms with E-state index in [0.717, 1.165) is 16.8 Å². The number of amidine groups is 1. The summed E-state index contributed by atoms with van der Waals surface area (Å²) in [7, 11) is -3.08. The number of hydrogen-bond acceptors (Lipinski definition) is 4. The molecule has 2 aliphatic rings. The van der Waals surface area contributed by atoms with E-state index in [-0.39, 0.29) is 35.1 Å². The second-order valence-electron chi connectivity index (χ2n) is 7.06. The van der Waals surface area contributed by atoms with E-state index >= 15 is 0 Å². The molecule has 0 aliphatic carbocycles. The van der Waals surface area contributed by atoms with Gasteiger partial charge in [-0.05, 0) is 30.7 Å². The highest BCUT2D eigenvalue weighted by atomic mass is 35.5. The van der Waals surface area contributed by atoms with Crippen molar-refractivity contribution in [2.45, 2.75) is 24.6 Å². The lowest BCUT2D eigenvalue weighted by atomic mass is 10.1. The van der Waals surface area contributed by atoms with Gasteiger partial charge >= 0.3 is 0 Å². The average Bonchev–Trinajstić information content (AvgIpc) is 3.09. The molecule has 146 valence electrons. The minimum Gasteiger partial charge on any atom is -0.316 e. The third-order valence-electron chi connectivity index (χ3n) is 4.90. The van der Waals surface area contributed by atoms with Crippen LogP contribution in [0.1, 0.15) is 11.1 Å². The van der Waals surface area contributed by atoms with Gasteiger partial charge in [0.15, 0.2) is 15.0 Å². The highest BCUT2D eigenvalue weighted by Crippen LogP contribution is 2.41. The molecule has 0 bridgehead atoms. The van der Waals surface area contributed by atoms with Gasteiger partial charge in [0, 0.05) is 16.0 Å². The number of aliphatic imine (C=N–C) groups is 1. The van der Waals surface area contributed by atoms with Crippen LogP contribution in [0, 0.1) is 6.92 Å². The normalized spacial score (nSPS) is 24.5. The lowest BCUT2D eigenvalue weighted by Crippen LogP contribution is -2.37. The number of carbonyl (C=O) groups is 1. The second kappa shape index (κ2) is 7.54. The van der Waals surface area contributed by atoms with E-state index in [9.17, 15) is 13.2 Å². The Kier molecular flexibility index (Phi) is 5.24. The summed E-state index contributed by atoms with van der Waals surface area (Å²) in [4.78, 5) is 18.8. The molecule has 4 rings (SSSR count). The summed E-state index contributed by atoms with van der Waals surface area (Å²) in [5.41, 5.74) is 2.69. The number of halogens is 1. The van der Waals surface area contributed by atoms with Crippen LogP contribution in [-0.2, 0) is 21.1 Å². The van der Waals surface area contributed by atoms with Gasteiger partial charge in [0.25, 0.3) is 5.91 Å². The zero-order valence-corrected chi connectivity index (χ0v) is 17.6. The van der Waals surface area contributed by atoms with Crippen LogP contribution in [0.4, 0.5) is 5.69 Å². The zero-order valence-electron chi connectivity index (χ0n) is 15.2. The number of sulfone groups is 1. The van der Waals surface area contributed by atoms with Gasteiger partial charge in [-0.2, -0.15) is 4.99 Å². The third-order valence-corrected chi connectivity index (χ3v) is 8.48. The number of fused-ring (bicyclic) bond motifs is 1. The molecule has 0 N–H and O–H groups in total. The number of nitrogens with zero attached hydrogens (tertiary/aromatic N) is 2. The Morgan fingerprint density at radius 3 is 2.61 bits per heavy atom. The van der Waals surface area contributed by atoms with Gasteiger partial charge in [0.2, 0.25) is 0 Å². The minimum atomic E-state index is -3.08. The Morgan fingerprint density at radius 1 is 1.18 bits per heavy atom. The molecule has 2 atom stereocenters. The molecule has 2 aromatic rings. The van der Waals surface area contributed by atoms with Crippen molar-refractivity contribution in [3.8, 4) is 0 Å². The van der Waals surface area contributed by atoms with E-state index in [4.69, 9.17) is 11.6 Å². The van der Waals surface area contributed by atoms with Gasteiger partial charge in [-0.1, -0.05) is 59.3 Å². The lowest BCUT2D eigenvalue weighted by molar-refractivity contribution is -0.117. The SMILES string of the molecule is Cc1ccc(N2C(=NC(=O)Cc3ccccc3Cl)S[C@H]3CS(=O)(=O)C[C@@H]32)cc1. The average molecular weight is 435 g/mol. The molecule has 0 saturated carbocycles. The Bertz CT molecular complexity index is 1050. The van der Waals surface area contributed by atoms with Crippen molar-refractivity contribution in [1.29, 1.82) is 0 Å². The molecule has 2 saturated heterocycles. The zero-order chi connectivity index (χ0) is 19.9. The highest BCUT2D eigenvalue weighted by molar-refractivity contribution is 8.16. The van der Waals surface area contributed by atoms with Crippen LogP contribution in [0.25, 0.3) is 0 Å². The molecule has 0 aromatic heterocycles. The van der Waals surface area contributed by atoms with Crippen LogP contribution in [0.15, 0.2) is 53.5 Å². The molecule has 5 nitrogen and oxygen atoms in total. The van der Waals surface area contributed by atoms with Gasteiger partial charge < -0.3 is 4.90 Å². The van der Waals surface area contributed by atoms with E-state index in [0.29, 0.717) is 10.2 Å². The van der Waals surface area contributed by atoms with Crippen molar-refractivity contribution in [2.75, 3.05) is 16.4 Å². The Balaban J connectivity index is 1.65. The predicted molar refractivity (Wildman–Crippen MR) is 115 cm³/mol. The van der Waals surface area contributed by atoms with Gasteiger partial charge in [0.1, 0.15) is 0 Å². The van der Waals surface area contributed by atoms with Crippen LogP contribution >= 0.6 is 23.4 Å². The largest absolute Gasteiger partial charge is 0.316 e. The third kappa shape index (κ3) is 3.97. The smallest absolute Gasteiger partial charge is 0.252 e. The van der Waals surface area contributed by atoms with Gasteiger partial charge in [-0.25, -0.2) is 8.42 Å². The minimum absolute atomic E-state index is 0.0796. The van der Waals surface area contributed by atoms with Crippen molar-refractivity contribution in [3.63, 3.8) is 0 Å². The topological polar surface area (TPSA) is 66.8 Å². The molecule has 28 heavy (non-hydrogen) atoms. The maximum atomic E-state index is 12.6. The number of hydrogen-bond donors (Lipinski definition) is 0. The molecule has 2 aromatic carbocycles. The first-order chi connectivity index (χ1) is 13.3. The van der Waals surface area contributed by atoms with Gasteiger partial charge in [0.05, 0.1) is 24.0 Å². The van der Waals surface area contributed by atoms with Crippen LogP contribution < -0.4 is 4.90 Å². The summed E-state index contributed by atoms with van der Waals surface area (Å²) in [5, 5.41) is 0.984. The molecule has 0 unspecified atom stereocenters. The second-order valence-corrected chi connectivity index (χ2v) is 10.8. The maximum absolute atomic E-state index is 12.6. The first kappa shape index (κ1) is 19.5. The number of amides is 1. The number of thioether (sulfide) groups is 1. The van der Waals surface area contributed by atoms with Crippen molar-refractivity contribution >= 4 is 50.0 Å². The van der Waals surface area contributed by atoms with Crippen molar-refractivity contribution < 1.29 is 13.2 Å². The van der Waals surface area contributed by atoms with Crippen LogP contribution in [0.5, 0.6) is 0 Å². The number of anilines is 1. The molecule has 2 heterocycles. The number of benzene rings is 2. The predicted octanol–water partition coefficient (Wildman–Crippen LogP) is 3.49. The summed E-state index contributed by atoms with van der Waals surface area (Å²) in [6.07, 6.45) is 0.110. The van der Waals surface area contributed by atoms with E-state index in [2.05, 4.69) is 4.99 Å². The Morgan fingerprint density at radius 2 is 1.89 bits per heavy atom. The van der Waals surface area contributed by atoms with Crippen molar-refractivity contribution in [3.05, 3.63) is 64.7 Å². The fraction of sp³-hybridized carbons (Fsp3) is 0.300. The first-order valence-corrected chi connectivity index (χ1v) is 12.0. The molecule has 8 heteroatoms. The fourth-order valence-electron chi connectivity index (χ4n) is 3.52. The number of carbonyl (C=O) groups excluding carboxylic acids is 1. The van der Waals surface area contributed by atoms with Gasteiger partial charge in [-0.3, -0.25) is 4.79 Å². The monoisotopic (exact) mass is 434 g/mol. The summed E-state index contributed by atoms with van der Waals surface area (Å²) < 4.78 is 24.2. The fourth-order valence-corrected chi connectivity index (χ4v) is 7.66. The maximum Gasteiger partial charge on any atom is 0.252 e. The summed E-state index contributed by atoms with van der Waals surface area (Å²) in [6.45, 7) is 1.99. The number of aryl methyl sites for hydroxylation is 1. The molecule has 2 aliphatic heterocycles. The molecular formula is C20H19ClN2O3S2. The Labute approximate surface area is 173 Å². The number of rotatable bonds is 3. The van der Waals surface area contributed by atoms with Crippen molar-refractivity contribution in [1.82, 2.24) is 0 Å². The molecule has 2 fully saturated rings. The van der Waals surface area contributed by atoms with Crippen LogP contribution in [0.2, 0.25) is 5.02 Å². The standard InChI is InChI=1S/C20H19ClN2O3S2/c1-13-6-8-15(9-7-13)23-17-11-28(25,26)12-18(17)27-20(23)22-19(24)10-14-4-2-3-5-16(14)21/h2-9,17-18H,10-12H2,1H3/t17-,18-/m0/s1. The lowest BCUT2D eigenvalue weighted by Gasteiger charge is -2.24. The summed E-state index contributed by atoms with van der Waals surface area (Å²) in [6, 6.07) is 14.8. The van der Waals surface area contributed by atoms with Crippen molar-refractivity contribution in [2.24, 2.45) is 4.99 Å². The first-order valence-electron chi connectivity index (χ1n) is 8.90. The van der Waals surface area contributed by atoms with E-state index in [1.807, 2.05) is 48.2 Å².